The van der Waals surface area contributed by atoms with Crippen molar-refractivity contribution in [3.63, 3.8) is 0 Å². The third-order valence-corrected chi connectivity index (χ3v) is 5.05. The Morgan fingerprint density at radius 1 is 1.07 bits per heavy atom. The van der Waals surface area contributed by atoms with Gasteiger partial charge < -0.3 is 14.6 Å². The van der Waals surface area contributed by atoms with E-state index in [-0.39, 0.29) is 18.3 Å². The summed E-state index contributed by atoms with van der Waals surface area (Å²) >= 11 is 0. The van der Waals surface area contributed by atoms with Crippen molar-refractivity contribution >= 4 is 11.9 Å². The Bertz CT molecular complexity index is 1060. The molecule has 1 saturated heterocycles. The fourth-order valence-electron chi connectivity index (χ4n) is 3.67. The summed E-state index contributed by atoms with van der Waals surface area (Å²) in [5.74, 6) is 0.870. The molecule has 3 heterocycles. The van der Waals surface area contributed by atoms with Crippen LogP contribution in [0.3, 0.4) is 0 Å². The lowest BCUT2D eigenvalue weighted by atomic mass is 9.84. The number of para-hydroxylation sites is 1. The molecule has 0 saturated carbocycles. The molecule has 1 fully saturated rings. The van der Waals surface area contributed by atoms with E-state index in [4.69, 9.17) is 9.26 Å². The largest absolute Gasteiger partial charge is 0.493 e. The van der Waals surface area contributed by atoms with Gasteiger partial charge in [-0.1, -0.05) is 53.7 Å². The topological polar surface area (TPSA) is 97.6 Å². The van der Waals surface area contributed by atoms with E-state index in [0.29, 0.717) is 30.2 Å². The van der Waals surface area contributed by atoms with Crippen molar-refractivity contribution in [2.75, 3.05) is 6.61 Å². The molecular formula is C20H16N4O4. The third-order valence-electron chi connectivity index (χ3n) is 5.05. The fraction of sp³-hybridized carbons (Fsp3) is 0.200. The molecule has 3 amide bonds. The molecule has 8 nitrogen and oxygen atoms in total. The van der Waals surface area contributed by atoms with Gasteiger partial charge in [-0.15, -0.1) is 0 Å². The van der Waals surface area contributed by atoms with Crippen molar-refractivity contribution in [2.24, 2.45) is 0 Å². The normalized spacial score (nSPS) is 20.8. The Kier molecular flexibility index (Phi) is 3.65. The molecule has 1 aromatic heterocycles. The summed E-state index contributed by atoms with van der Waals surface area (Å²) in [7, 11) is 0. The summed E-state index contributed by atoms with van der Waals surface area (Å²) in [6.45, 7) is 0.255. The molecule has 2 aliphatic rings. The monoisotopic (exact) mass is 376 g/mol. The van der Waals surface area contributed by atoms with Crippen molar-refractivity contribution in [3.05, 3.63) is 66.1 Å². The van der Waals surface area contributed by atoms with E-state index in [0.717, 1.165) is 10.5 Å². The minimum atomic E-state index is -1.12. The molecule has 0 radical (unpaired) electrons. The predicted octanol–water partition coefficient (Wildman–Crippen LogP) is 2.47. The molecule has 8 heteroatoms. The van der Waals surface area contributed by atoms with E-state index < -0.39 is 11.6 Å². The third kappa shape index (κ3) is 2.45. The maximum Gasteiger partial charge on any atom is 0.325 e. The first-order valence-electron chi connectivity index (χ1n) is 8.92. The van der Waals surface area contributed by atoms with Crippen LogP contribution in [0.4, 0.5) is 4.79 Å². The van der Waals surface area contributed by atoms with Crippen LogP contribution in [0, 0.1) is 0 Å². The number of urea groups is 1. The van der Waals surface area contributed by atoms with Crippen LogP contribution in [0.5, 0.6) is 5.75 Å². The Hall–Kier alpha value is -3.68. The number of rotatable bonds is 3. The lowest BCUT2D eigenvalue weighted by Crippen LogP contribution is -2.47. The minimum absolute atomic E-state index is 0.0880. The van der Waals surface area contributed by atoms with Crippen molar-refractivity contribution < 1.29 is 18.8 Å². The second kappa shape index (κ2) is 6.19. The maximum absolute atomic E-state index is 13.2. The molecule has 28 heavy (non-hydrogen) atoms. The first kappa shape index (κ1) is 16.5. The Morgan fingerprint density at radius 2 is 1.86 bits per heavy atom. The van der Waals surface area contributed by atoms with Gasteiger partial charge in [-0.2, -0.15) is 4.98 Å². The van der Waals surface area contributed by atoms with Gasteiger partial charge in [-0.3, -0.25) is 9.69 Å². The number of hydrogen-bond donors (Lipinski definition) is 1. The maximum atomic E-state index is 13.2. The van der Waals surface area contributed by atoms with E-state index in [9.17, 15) is 9.59 Å². The molecule has 2 aromatic carbocycles. The van der Waals surface area contributed by atoms with Crippen LogP contribution >= 0.6 is 0 Å². The summed E-state index contributed by atoms with van der Waals surface area (Å²) in [5.41, 5.74) is 0.343. The van der Waals surface area contributed by atoms with E-state index >= 15 is 0 Å². The van der Waals surface area contributed by atoms with Gasteiger partial charge in [0.1, 0.15) is 12.3 Å². The zero-order chi connectivity index (χ0) is 19.1. The highest BCUT2D eigenvalue weighted by Crippen LogP contribution is 2.41. The average Bonchev–Trinajstić information content (AvgIpc) is 3.29. The molecule has 0 bridgehead atoms. The number of carbonyl (C=O) groups excluding carboxylic acids is 2. The van der Waals surface area contributed by atoms with E-state index in [2.05, 4.69) is 15.5 Å². The van der Waals surface area contributed by atoms with Crippen LogP contribution in [0.2, 0.25) is 0 Å². The van der Waals surface area contributed by atoms with Gasteiger partial charge in [0.05, 0.1) is 6.61 Å². The quantitative estimate of drug-likeness (QED) is 0.705. The fourth-order valence-corrected chi connectivity index (χ4v) is 3.67. The van der Waals surface area contributed by atoms with Crippen LogP contribution in [0.15, 0.2) is 59.1 Å². The van der Waals surface area contributed by atoms with Crippen molar-refractivity contribution in [3.8, 4) is 17.1 Å². The number of carbonyl (C=O) groups is 2. The smallest absolute Gasteiger partial charge is 0.325 e. The van der Waals surface area contributed by atoms with E-state index in [1.54, 1.807) is 12.1 Å². The molecule has 1 atom stereocenters. The van der Waals surface area contributed by atoms with Crippen molar-refractivity contribution in [2.45, 2.75) is 18.5 Å². The van der Waals surface area contributed by atoms with Gasteiger partial charge in [-0.05, 0) is 6.07 Å². The van der Waals surface area contributed by atoms with Gasteiger partial charge in [0.15, 0.2) is 5.54 Å². The second-order valence-electron chi connectivity index (χ2n) is 6.70. The van der Waals surface area contributed by atoms with Crippen LogP contribution in [0.25, 0.3) is 11.4 Å². The summed E-state index contributed by atoms with van der Waals surface area (Å²) in [6, 6.07) is 16.1. The number of hydrogen-bond acceptors (Lipinski definition) is 6. The van der Waals surface area contributed by atoms with E-state index in [1.165, 1.54) is 0 Å². The first-order chi connectivity index (χ1) is 13.7. The van der Waals surface area contributed by atoms with Crippen molar-refractivity contribution in [1.29, 1.82) is 0 Å². The summed E-state index contributed by atoms with van der Waals surface area (Å²) in [5, 5.41) is 6.79. The van der Waals surface area contributed by atoms with Crippen LogP contribution in [-0.4, -0.2) is 33.6 Å². The molecule has 0 aliphatic carbocycles. The molecule has 2 aliphatic heterocycles. The van der Waals surface area contributed by atoms with Gasteiger partial charge in [-0.25, -0.2) is 4.79 Å². The van der Waals surface area contributed by atoms with Crippen LogP contribution < -0.4 is 10.1 Å². The molecule has 5 rings (SSSR count). The molecule has 1 spiro atoms. The molecule has 3 aromatic rings. The second-order valence-corrected chi connectivity index (χ2v) is 6.70. The Labute approximate surface area is 160 Å². The SMILES string of the molecule is O=C1N[C@@]2(CCOc3ccccc32)C(=O)N1Cc1nc(-c2ccccc2)no1. The first-order valence-corrected chi connectivity index (χ1v) is 8.92. The van der Waals surface area contributed by atoms with E-state index in [1.807, 2.05) is 42.5 Å². The van der Waals surface area contributed by atoms with Crippen LogP contribution in [0.1, 0.15) is 17.9 Å². The zero-order valence-electron chi connectivity index (χ0n) is 14.8. The lowest BCUT2D eigenvalue weighted by molar-refractivity contribution is -0.133. The van der Waals surface area contributed by atoms with Gasteiger partial charge in [0.2, 0.25) is 11.7 Å². The number of nitrogens with zero attached hydrogens (tertiary/aromatic N) is 3. The summed E-state index contributed by atoms with van der Waals surface area (Å²) in [4.78, 5) is 31.3. The minimum Gasteiger partial charge on any atom is -0.493 e. The number of ether oxygens (including phenoxy) is 1. The number of imide groups is 1. The number of benzene rings is 2. The Morgan fingerprint density at radius 3 is 2.71 bits per heavy atom. The number of amides is 3. The van der Waals surface area contributed by atoms with Gasteiger partial charge in [0, 0.05) is 17.5 Å². The lowest BCUT2D eigenvalue weighted by Gasteiger charge is -2.33. The Balaban J connectivity index is 1.43. The standard InChI is InChI=1S/C20H16N4O4/c25-18-20(10-11-27-15-9-5-4-8-14(15)20)22-19(26)24(18)12-16-21-17(23-28-16)13-6-2-1-3-7-13/h1-9H,10-12H2,(H,22,26)/t20-/m1/s1. The highest BCUT2D eigenvalue weighted by atomic mass is 16.5. The van der Waals surface area contributed by atoms with Gasteiger partial charge in [0.25, 0.3) is 5.91 Å². The summed E-state index contributed by atoms with van der Waals surface area (Å²) < 4.78 is 10.9. The van der Waals surface area contributed by atoms with Gasteiger partial charge >= 0.3 is 6.03 Å². The highest BCUT2D eigenvalue weighted by molar-refractivity contribution is 6.07. The van der Waals surface area contributed by atoms with Crippen molar-refractivity contribution in [1.82, 2.24) is 20.4 Å². The number of fused-ring (bicyclic) bond motifs is 2. The zero-order valence-corrected chi connectivity index (χ0v) is 14.8. The van der Waals surface area contributed by atoms with Crippen LogP contribution in [-0.2, 0) is 16.9 Å². The molecule has 0 unspecified atom stereocenters. The average molecular weight is 376 g/mol. The molecule has 140 valence electrons. The molecular weight excluding hydrogens is 360 g/mol. The predicted molar refractivity (Wildman–Crippen MR) is 97.0 cm³/mol. The number of aromatic nitrogens is 2. The number of nitrogens with one attached hydrogen (secondary N) is 1. The highest BCUT2D eigenvalue weighted by Gasteiger charge is 2.55. The molecule has 1 N–H and O–H groups in total. The summed E-state index contributed by atoms with van der Waals surface area (Å²) in [6.07, 6.45) is 0.365.